The molecule has 2 aromatic heterocycles. The Bertz CT molecular complexity index is 1220. The van der Waals surface area contributed by atoms with Crippen LogP contribution in [0.3, 0.4) is 0 Å². The lowest BCUT2D eigenvalue weighted by molar-refractivity contribution is 0.238. The number of nitrogens with zero attached hydrogens (tertiary/aromatic N) is 5. The average Bonchev–Trinajstić information content (AvgIpc) is 3.28. The van der Waals surface area contributed by atoms with E-state index < -0.39 is 10.0 Å². The molecule has 1 aliphatic rings. The summed E-state index contributed by atoms with van der Waals surface area (Å²) in [6.45, 7) is 5.39. The Balaban J connectivity index is 1.48. The van der Waals surface area contributed by atoms with Crippen molar-refractivity contribution < 1.29 is 8.42 Å². The van der Waals surface area contributed by atoms with Crippen molar-refractivity contribution in [2.45, 2.75) is 56.9 Å². The van der Waals surface area contributed by atoms with Gasteiger partial charge in [-0.15, -0.1) is 0 Å². The Morgan fingerprint density at radius 3 is 2.26 bits per heavy atom. The zero-order valence-electron chi connectivity index (χ0n) is 19.4. The molecule has 0 saturated heterocycles. The van der Waals surface area contributed by atoms with Crippen molar-refractivity contribution >= 4 is 44.7 Å². The lowest BCUT2D eigenvalue weighted by atomic mass is 9.76. The first-order valence-corrected chi connectivity index (χ1v) is 13.8. The van der Waals surface area contributed by atoms with Crippen LogP contribution in [-0.2, 0) is 16.4 Å². The fourth-order valence-electron chi connectivity index (χ4n) is 4.62. The number of nitrogens with one attached hydrogen (secondary N) is 2. The van der Waals surface area contributed by atoms with Crippen molar-refractivity contribution in [2.75, 3.05) is 23.7 Å². The van der Waals surface area contributed by atoms with E-state index in [2.05, 4.69) is 34.3 Å². The number of aromatic nitrogens is 5. The van der Waals surface area contributed by atoms with Gasteiger partial charge in [-0.2, -0.15) is 23.7 Å². The van der Waals surface area contributed by atoms with Crippen molar-refractivity contribution in [2.24, 2.45) is 22.7 Å². The molecule has 34 heavy (non-hydrogen) atoms. The van der Waals surface area contributed by atoms with Crippen LogP contribution >= 0.6 is 11.7 Å². The Labute approximate surface area is 203 Å². The van der Waals surface area contributed by atoms with Crippen LogP contribution in [0.25, 0.3) is 11.0 Å². The molecular weight excluding hydrogens is 474 g/mol. The molecular formula is C21H31N9O2S2. The number of benzene rings is 1. The molecule has 13 heteroatoms. The number of hydrogen-bond acceptors (Lipinski definition) is 11. The highest BCUT2D eigenvalue weighted by Gasteiger charge is 2.30. The molecule has 1 saturated carbocycles. The maximum atomic E-state index is 12.2. The fourth-order valence-corrected chi connectivity index (χ4v) is 5.96. The van der Waals surface area contributed by atoms with Crippen LogP contribution in [0.1, 0.15) is 57.0 Å². The largest absolute Gasteiger partial charge is 0.354 e. The quantitative estimate of drug-likeness (QED) is 0.338. The predicted octanol–water partition coefficient (Wildman–Crippen LogP) is 2.44. The van der Waals surface area contributed by atoms with Crippen molar-refractivity contribution in [3.63, 3.8) is 0 Å². The van der Waals surface area contributed by atoms with Crippen LogP contribution in [-0.4, -0.2) is 45.2 Å². The molecule has 1 aromatic carbocycles. The van der Waals surface area contributed by atoms with Crippen LogP contribution in [0, 0.1) is 11.8 Å². The molecule has 184 valence electrons. The van der Waals surface area contributed by atoms with Gasteiger partial charge in [-0.3, -0.25) is 0 Å². The van der Waals surface area contributed by atoms with E-state index in [1.165, 1.54) is 0 Å². The minimum atomic E-state index is -3.85. The highest BCUT2D eigenvalue weighted by Crippen LogP contribution is 2.38. The lowest BCUT2D eigenvalue weighted by Gasteiger charge is -2.32. The third-order valence-corrected chi connectivity index (χ3v) is 7.85. The summed E-state index contributed by atoms with van der Waals surface area (Å²) in [5, 5.41) is 11.8. The van der Waals surface area contributed by atoms with Crippen LogP contribution in [0.15, 0.2) is 17.0 Å². The topological polar surface area (TPSA) is 175 Å². The van der Waals surface area contributed by atoms with E-state index in [0.29, 0.717) is 59.7 Å². The summed E-state index contributed by atoms with van der Waals surface area (Å²) in [6, 6.07) is 2.90. The summed E-state index contributed by atoms with van der Waals surface area (Å²) in [5.41, 5.74) is 8.62. The molecule has 11 nitrogen and oxygen atoms in total. The molecule has 0 amide bonds. The number of rotatable bonds is 9. The summed E-state index contributed by atoms with van der Waals surface area (Å²) >= 11 is 1.08. The number of nitrogens with two attached hydrogens (primary N) is 2. The maximum absolute atomic E-state index is 12.2. The molecule has 4 rings (SSSR count). The molecule has 1 fully saturated rings. The smallest absolute Gasteiger partial charge is 0.238 e. The van der Waals surface area contributed by atoms with Gasteiger partial charge >= 0.3 is 0 Å². The first-order valence-electron chi connectivity index (χ1n) is 11.6. The first-order chi connectivity index (χ1) is 16.3. The lowest BCUT2D eigenvalue weighted by Crippen LogP contribution is -2.29. The standard InChI is InChI=1S/C21H31N9O2S2/c1-3-24-20-26-19(27-21(28-20)25-4-2)17(22)13-7-5-12(6-8-13)11-14-16(34(23,31)32)10-9-15-18(14)30-33-29-15/h9-10,12-13,17H,3-8,11,22H2,1-2H3,(H2,23,31,32)(H2,24,25,26,27,28). The number of hydrogen-bond donors (Lipinski definition) is 4. The van der Waals surface area contributed by atoms with Crippen molar-refractivity contribution in [3.8, 4) is 0 Å². The normalized spacial score (nSPS) is 19.8. The number of anilines is 2. The van der Waals surface area contributed by atoms with Crippen molar-refractivity contribution in [1.82, 2.24) is 23.7 Å². The van der Waals surface area contributed by atoms with Crippen LogP contribution in [0.4, 0.5) is 11.9 Å². The molecule has 1 aliphatic carbocycles. The molecule has 3 aromatic rings. The molecule has 1 atom stereocenters. The van der Waals surface area contributed by atoms with Gasteiger partial charge in [0.2, 0.25) is 21.9 Å². The Morgan fingerprint density at radius 1 is 1.03 bits per heavy atom. The van der Waals surface area contributed by atoms with E-state index in [9.17, 15) is 8.42 Å². The van der Waals surface area contributed by atoms with Gasteiger partial charge in [0.1, 0.15) is 11.0 Å². The van der Waals surface area contributed by atoms with Gasteiger partial charge in [0.25, 0.3) is 0 Å². The minimum Gasteiger partial charge on any atom is -0.354 e. The third-order valence-electron chi connectivity index (χ3n) is 6.31. The second kappa shape index (κ2) is 10.4. The van der Waals surface area contributed by atoms with Gasteiger partial charge in [0.05, 0.1) is 22.7 Å². The summed E-state index contributed by atoms with van der Waals surface area (Å²) < 4.78 is 33.0. The zero-order chi connectivity index (χ0) is 24.3. The van der Waals surface area contributed by atoms with Crippen LogP contribution in [0.2, 0.25) is 0 Å². The highest BCUT2D eigenvalue weighted by atomic mass is 32.2. The maximum Gasteiger partial charge on any atom is 0.238 e. The fraction of sp³-hybridized carbons (Fsp3) is 0.571. The predicted molar refractivity (Wildman–Crippen MR) is 133 cm³/mol. The average molecular weight is 506 g/mol. The summed E-state index contributed by atoms with van der Waals surface area (Å²) in [7, 11) is -3.85. The van der Waals surface area contributed by atoms with E-state index in [-0.39, 0.29) is 16.9 Å². The summed E-state index contributed by atoms with van der Waals surface area (Å²) in [4.78, 5) is 13.6. The van der Waals surface area contributed by atoms with Gasteiger partial charge < -0.3 is 16.4 Å². The molecule has 0 aliphatic heterocycles. The van der Waals surface area contributed by atoms with Crippen molar-refractivity contribution in [3.05, 3.63) is 23.5 Å². The van der Waals surface area contributed by atoms with Crippen LogP contribution < -0.4 is 21.5 Å². The Kier molecular flexibility index (Phi) is 7.55. The number of primary sulfonamides is 1. The van der Waals surface area contributed by atoms with E-state index in [4.69, 9.17) is 10.9 Å². The second-order valence-electron chi connectivity index (χ2n) is 8.63. The molecule has 0 spiro atoms. The molecule has 0 radical (unpaired) electrons. The van der Waals surface area contributed by atoms with Gasteiger partial charge in [-0.1, -0.05) is 0 Å². The molecule has 1 unspecified atom stereocenters. The number of sulfonamides is 1. The van der Waals surface area contributed by atoms with Gasteiger partial charge in [0.15, 0.2) is 5.82 Å². The van der Waals surface area contributed by atoms with E-state index >= 15 is 0 Å². The summed E-state index contributed by atoms with van der Waals surface area (Å²) in [5.74, 6) is 2.17. The second-order valence-corrected chi connectivity index (χ2v) is 10.7. The van der Waals surface area contributed by atoms with Crippen molar-refractivity contribution in [1.29, 1.82) is 0 Å². The SMILES string of the molecule is CCNc1nc(NCC)nc(C(N)C2CCC(Cc3c(S(N)(=O)=O)ccc4nsnc34)CC2)n1. The monoisotopic (exact) mass is 505 g/mol. The molecule has 2 heterocycles. The summed E-state index contributed by atoms with van der Waals surface area (Å²) in [6.07, 6.45) is 4.24. The van der Waals surface area contributed by atoms with E-state index in [1.54, 1.807) is 12.1 Å². The first kappa shape index (κ1) is 24.6. The Morgan fingerprint density at radius 2 is 1.68 bits per heavy atom. The molecule has 0 bridgehead atoms. The van der Waals surface area contributed by atoms with Crippen LogP contribution in [0.5, 0.6) is 0 Å². The minimum absolute atomic E-state index is 0.142. The highest BCUT2D eigenvalue weighted by molar-refractivity contribution is 7.89. The van der Waals surface area contributed by atoms with Gasteiger partial charge in [-0.05, 0) is 69.9 Å². The van der Waals surface area contributed by atoms with Gasteiger partial charge in [0, 0.05) is 18.7 Å². The third kappa shape index (κ3) is 5.43. The van der Waals surface area contributed by atoms with E-state index in [1.807, 2.05) is 13.8 Å². The Hall–Kier alpha value is -2.48. The zero-order valence-corrected chi connectivity index (χ0v) is 21.0. The van der Waals surface area contributed by atoms with Gasteiger partial charge in [-0.25, -0.2) is 13.6 Å². The number of fused-ring (bicyclic) bond motifs is 1. The molecule has 6 N–H and O–H groups in total. The van der Waals surface area contributed by atoms with E-state index in [0.717, 1.165) is 37.4 Å².